The number of rotatable bonds is 4. The van der Waals surface area contributed by atoms with Gasteiger partial charge in [-0.2, -0.15) is 5.26 Å². The number of nitrogens with zero attached hydrogens (tertiary/aromatic N) is 2. The lowest BCUT2D eigenvalue weighted by molar-refractivity contribution is 0.0696. The van der Waals surface area contributed by atoms with Gasteiger partial charge >= 0.3 is 5.97 Å². The van der Waals surface area contributed by atoms with E-state index < -0.39 is 5.97 Å². The van der Waals surface area contributed by atoms with Crippen molar-refractivity contribution >= 4 is 40.6 Å². The quantitative estimate of drug-likeness (QED) is 0.478. The zero-order chi connectivity index (χ0) is 21.4. The van der Waals surface area contributed by atoms with E-state index in [4.69, 9.17) is 11.6 Å². The van der Waals surface area contributed by atoms with Crippen molar-refractivity contribution < 1.29 is 9.90 Å². The first-order valence-corrected chi connectivity index (χ1v) is 11.0. The van der Waals surface area contributed by atoms with Gasteiger partial charge in [0.15, 0.2) is 0 Å². The van der Waals surface area contributed by atoms with Crippen LogP contribution in [0.2, 0.25) is 5.02 Å². The van der Waals surface area contributed by atoms with Crippen LogP contribution in [0.1, 0.15) is 56.2 Å². The molecule has 0 saturated heterocycles. The molecular weight excluding hydrogens is 416 g/mol. The molecule has 0 amide bonds. The molecule has 4 rings (SSSR count). The van der Waals surface area contributed by atoms with Gasteiger partial charge < -0.3 is 9.67 Å². The van der Waals surface area contributed by atoms with Crippen LogP contribution in [0.25, 0.3) is 16.7 Å². The lowest BCUT2D eigenvalue weighted by Gasteiger charge is -2.11. The molecule has 152 valence electrons. The smallest absolute Gasteiger partial charge is 0.339 e. The van der Waals surface area contributed by atoms with Gasteiger partial charge in [-0.05, 0) is 80.5 Å². The van der Waals surface area contributed by atoms with Crippen LogP contribution in [0.5, 0.6) is 0 Å². The van der Waals surface area contributed by atoms with Gasteiger partial charge in [0.05, 0.1) is 17.2 Å². The van der Waals surface area contributed by atoms with Crippen molar-refractivity contribution in [1.82, 2.24) is 4.57 Å². The molecule has 0 fully saturated rings. The second-order valence-corrected chi connectivity index (χ2v) is 9.06. The summed E-state index contributed by atoms with van der Waals surface area (Å²) in [6, 6.07) is 11.5. The first kappa shape index (κ1) is 20.5. The number of aromatic nitrogens is 1. The number of benzene rings is 1. The number of hydrogen-bond acceptors (Lipinski definition) is 3. The summed E-state index contributed by atoms with van der Waals surface area (Å²) in [4.78, 5) is 13.3. The van der Waals surface area contributed by atoms with Crippen molar-refractivity contribution in [2.45, 2.75) is 39.5 Å². The fourth-order valence-corrected chi connectivity index (χ4v) is 5.85. The molecule has 30 heavy (non-hydrogen) atoms. The molecule has 0 aliphatic heterocycles. The Morgan fingerprint density at radius 3 is 2.73 bits per heavy atom. The first-order valence-electron chi connectivity index (χ1n) is 9.85. The lowest BCUT2D eigenvalue weighted by atomic mass is 9.95. The highest BCUT2D eigenvalue weighted by atomic mass is 35.5. The molecule has 4 nitrogen and oxygen atoms in total. The molecule has 1 aliphatic carbocycles. The summed E-state index contributed by atoms with van der Waals surface area (Å²) < 4.78 is 2.02. The number of hydrogen-bond donors (Lipinski definition) is 1. The van der Waals surface area contributed by atoms with E-state index in [-0.39, 0.29) is 0 Å². The summed E-state index contributed by atoms with van der Waals surface area (Å²) in [5.74, 6) is -0.870. The minimum atomic E-state index is -0.870. The van der Waals surface area contributed by atoms with Gasteiger partial charge in [-0.15, -0.1) is 11.3 Å². The third kappa shape index (κ3) is 3.58. The maximum absolute atomic E-state index is 12.1. The Morgan fingerprint density at radius 2 is 2.03 bits per heavy atom. The SMILES string of the molecule is Cc1cc(/C=C(/C#N)c2cccc(Cl)c2)c(C)n1-c1sc2c(c1C(=O)O)CCCC2. The maximum atomic E-state index is 12.1. The van der Waals surface area contributed by atoms with Crippen LogP contribution in [0, 0.1) is 25.2 Å². The van der Waals surface area contributed by atoms with Crippen LogP contribution < -0.4 is 0 Å². The number of aromatic carboxylic acids is 1. The molecule has 0 bridgehead atoms. The molecular formula is C24H21ClN2O2S. The molecule has 1 N–H and O–H groups in total. The van der Waals surface area contributed by atoms with Crippen molar-refractivity contribution in [2.75, 3.05) is 0 Å². The average Bonchev–Trinajstić information content (AvgIpc) is 3.22. The molecule has 0 spiro atoms. The third-order valence-electron chi connectivity index (χ3n) is 5.60. The summed E-state index contributed by atoms with van der Waals surface area (Å²) in [5.41, 5.74) is 5.46. The highest BCUT2D eigenvalue weighted by Crippen LogP contribution is 2.39. The molecule has 3 aromatic rings. The highest BCUT2D eigenvalue weighted by Gasteiger charge is 2.27. The van der Waals surface area contributed by atoms with Crippen LogP contribution in [0.3, 0.4) is 0 Å². The molecule has 1 aliphatic rings. The number of thiophene rings is 1. The monoisotopic (exact) mass is 436 g/mol. The number of halogens is 1. The van der Waals surface area contributed by atoms with Gasteiger partial charge in [0.2, 0.25) is 0 Å². The zero-order valence-electron chi connectivity index (χ0n) is 16.8. The average molecular weight is 437 g/mol. The summed E-state index contributed by atoms with van der Waals surface area (Å²) in [7, 11) is 0. The fraction of sp³-hybridized carbons (Fsp3) is 0.250. The summed E-state index contributed by atoms with van der Waals surface area (Å²) in [6.45, 7) is 3.94. The number of allylic oxidation sites excluding steroid dienone is 1. The Hall–Kier alpha value is -2.81. The van der Waals surface area contributed by atoms with Crippen LogP contribution in [0.15, 0.2) is 30.3 Å². The van der Waals surface area contributed by atoms with Gasteiger partial charge in [-0.25, -0.2) is 4.79 Å². The lowest BCUT2D eigenvalue weighted by Crippen LogP contribution is -2.09. The molecule has 6 heteroatoms. The van der Waals surface area contributed by atoms with E-state index in [0.29, 0.717) is 16.2 Å². The molecule has 0 saturated carbocycles. The predicted molar refractivity (Wildman–Crippen MR) is 122 cm³/mol. The summed E-state index contributed by atoms with van der Waals surface area (Å²) >= 11 is 7.68. The highest BCUT2D eigenvalue weighted by molar-refractivity contribution is 7.15. The Bertz CT molecular complexity index is 1230. The van der Waals surface area contributed by atoms with Gasteiger partial charge in [0.25, 0.3) is 0 Å². The first-order chi connectivity index (χ1) is 14.4. The van der Waals surface area contributed by atoms with E-state index in [0.717, 1.165) is 58.8 Å². The molecule has 0 atom stereocenters. The largest absolute Gasteiger partial charge is 0.478 e. The third-order valence-corrected chi connectivity index (χ3v) is 7.11. The van der Waals surface area contributed by atoms with E-state index in [1.54, 1.807) is 23.5 Å². The van der Waals surface area contributed by atoms with Crippen LogP contribution >= 0.6 is 22.9 Å². The molecule has 2 heterocycles. The summed E-state index contributed by atoms with van der Waals surface area (Å²) in [5, 5.41) is 21.0. The minimum Gasteiger partial charge on any atom is -0.478 e. The molecule has 0 radical (unpaired) electrons. The minimum absolute atomic E-state index is 0.433. The van der Waals surface area contributed by atoms with Crippen LogP contribution in [-0.2, 0) is 12.8 Å². The number of nitriles is 1. The Morgan fingerprint density at radius 1 is 1.27 bits per heavy atom. The number of aryl methyl sites for hydroxylation is 2. The van der Waals surface area contributed by atoms with Crippen LogP contribution in [0.4, 0.5) is 0 Å². The summed E-state index contributed by atoms with van der Waals surface area (Å²) in [6.07, 6.45) is 5.76. The van der Waals surface area contributed by atoms with Crippen LogP contribution in [-0.4, -0.2) is 15.6 Å². The number of carboxylic acids is 1. The maximum Gasteiger partial charge on any atom is 0.339 e. The van der Waals surface area contributed by atoms with E-state index >= 15 is 0 Å². The van der Waals surface area contributed by atoms with Gasteiger partial charge in [0, 0.05) is 21.3 Å². The second-order valence-electron chi connectivity index (χ2n) is 7.54. The van der Waals surface area contributed by atoms with Gasteiger partial charge in [-0.3, -0.25) is 0 Å². The van der Waals surface area contributed by atoms with Crippen molar-refractivity contribution in [2.24, 2.45) is 0 Å². The molecule has 2 aromatic heterocycles. The fourth-order valence-electron chi connectivity index (χ4n) is 4.17. The van der Waals surface area contributed by atoms with E-state index in [9.17, 15) is 15.2 Å². The number of carbonyl (C=O) groups is 1. The Balaban J connectivity index is 1.85. The van der Waals surface area contributed by atoms with E-state index in [1.807, 2.05) is 42.7 Å². The van der Waals surface area contributed by atoms with Crippen molar-refractivity contribution in [3.63, 3.8) is 0 Å². The normalized spacial score (nSPS) is 13.7. The standard InChI is InChI=1S/C24H21ClN2O2S/c1-14-10-17(11-18(13-26)16-6-5-7-19(25)12-16)15(2)27(14)23-22(24(28)29)20-8-3-4-9-21(20)30-23/h5-7,10-12H,3-4,8-9H2,1-2H3,(H,28,29)/b18-11-. The van der Waals surface area contributed by atoms with Gasteiger partial charge in [-0.1, -0.05) is 23.7 Å². The number of carboxylic acid groups (broad SMARTS) is 1. The van der Waals surface area contributed by atoms with E-state index in [1.165, 1.54) is 4.88 Å². The van der Waals surface area contributed by atoms with E-state index in [2.05, 4.69) is 6.07 Å². The predicted octanol–water partition coefficient (Wildman–Crippen LogP) is 6.45. The number of fused-ring (bicyclic) bond motifs is 1. The van der Waals surface area contributed by atoms with Crippen molar-refractivity contribution in [1.29, 1.82) is 5.26 Å². The molecule has 1 aromatic carbocycles. The van der Waals surface area contributed by atoms with Crippen molar-refractivity contribution in [3.05, 3.63) is 73.9 Å². The second kappa shape index (κ2) is 8.14. The van der Waals surface area contributed by atoms with Gasteiger partial charge in [0.1, 0.15) is 5.00 Å². The zero-order valence-corrected chi connectivity index (χ0v) is 18.4. The molecule has 0 unspecified atom stereocenters. The van der Waals surface area contributed by atoms with Crippen molar-refractivity contribution in [3.8, 4) is 11.1 Å². The Labute approximate surface area is 184 Å². The Kier molecular flexibility index (Phi) is 5.55. The topological polar surface area (TPSA) is 66.0 Å².